The summed E-state index contributed by atoms with van der Waals surface area (Å²) in [5.74, 6) is 2.20. The average molecular weight is 199 g/mol. The van der Waals surface area contributed by atoms with E-state index in [0.29, 0.717) is 6.04 Å². The Hall–Kier alpha value is -0.410. The SMILES string of the molecule is CCNC(CSC)Cc1ccco1. The average Bonchev–Trinajstić information content (AvgIpc) is 2.58. The molecule has 13 heavy (non-hydrogen) atoms. The van der Waals surface area contributed by atoms with E-state index >= 15 is 0 Å². The van der Waals surface area contributed by atoms with Gasteiger partial charge in [0.15, 0.2) is 0 Å². The summed E-state index contributed by atoms with van der Waals surface area (Å²) >= 11 is 1.87. The Kier molecular flexibility index (Phi) is 5.01. The Balaban J connectivity index is 2.37. The third-order valence-corrected chi connectivity index (χ3v) is 2.62. The molecule has 2 nitrogen and oxygen atoms in total. The van der Waals surface area contributed by atoms with Crippen molar-refractivity contribution in [2.75, 3.05) is 18.6 Å². The summed E-state index contributed by atoms with van der Waals surface area (Å²) < 4.78 is 5.31. The van der Waals surface area contributed by atoms with Crippen molar-refractivity contribution in [1.29, 1.82) is 0 Å². The molecule has 1 aromatic heterocycles. The summed E-state index contributed by atoms with van der Waals surface area (Å²) in [6, 6.07) is 4.51. The van der Waals surface area contributed by atoms with E-state index < -0.39 is 0 Å². The van der Waals surface area contributed by atoms with Crippen LogP contribution in [0.15, 0.2) is 22.8 Å². The van der Waals surface area contributed by atoms with Crippen LogP contribution in [0.25, 0.3) is 0 Å². The van der Waals surface area contributed by atoms with E-state index in [-0.39, 0.29) is 0 Å². The van der Waals surface area contributed by atoms with E-state index in [1.165, 1.54) is 0 Å². The van der Waals surface area contributed by atoms with Gasteiger partial charge in [-0.2, -0.15) is 11.8 Å². The zero-order valence-electron chi connectivity index (χ0n) is 8.25. The molecule has 3 heteroatoms. The Morgan fingerprint density at radius 1 is 1.62 bits per heavy atom. The Morgan fingerprint density at radius 3 is 3.00 bits per heavy atom. The largest absolute Gasteiger partial charge is 0.469 e. The van der Waals surface area contributed by atoms with E-state index in [2.05, 4.69) is 18.5 Å². The standard InChI is InChI=1S/C10H17NOS/c1-3-11-9(8-13-2)7-10-5-4-6-12-10/h4-6,9,11H,3,7-8H2,1-2H3. The first-order chi connectivity index (χ1) is 6.36. The molecule has 0 radical (unpaired) electrons. The minimum atomic E-state index is 0.533. The minimum absolute atomic E-state index is 0.533. The summed E-state index contributed by atoms with van der Waals surface area (Å²) in [4.78, 5) is 0. The molecule has 0 aromatic carbocycles. The molecule has 0 fully saturated rings. The molecular weight excluding hydrogens is 182 g/mol. The van der Waals surface area contributed by atoms with Crippen LogP contribution in [0.5, 0.6) is 0 Å². The second-order valence-corrected chi connectivity index (χ2v) is 3.90. The molecule has 0 bridgehead atoms. The predicted octanol–water partition coefficient (Wildman–Crippen LogP) is 2.16. The number of nitrogens with one attached hydrogen (secondary N) is 1. The van der Waals surface area contributed by atoms with Gasteiger partial charge < -0.3 is 9.73 Å². The van der Waals surface area contributed by atoms with Crippen LogP contribution in [0.1, 0.15) is 12.7 Å². The lowest BCUT2D eigenvalue weighted by Crippen LogP contribution is -2.33. The summed E-state index contributed by atoms with van der Waals surface area (Å²) in [5, 5.41) is 3.44. The molecule has 1 unspecified atom stereocenters. The molecule has 0 saturated carbocycles. The van der Waals surface area contributed by atoms with Crippen LogP contribution in [0.2, 0.25) is 0 Å². The van der Waals surface area contributed by atoms with E-state index in [1.807, 2.05) is 23.9 Å². The van der Waals surface area contributed by atoms with Crippen molar-refractivity contribution in [2.45, 2.75) is 19.4 Å². The minimum Gasteiger partial charge on any atom is -0.469 e. The second kappa shape index (κ2) is 6.11. The fourth-order valence-corrected chi connectivity index (χ4v) is 1.99. The van der Waals surface area contributed by atoms with E-state index in [1.54, 1.807) is 6.26 Å². The van der Waals surface area contributed by atoms with E-state index in [0.717, 1.165) is 24.5 Å². The molecule has 0 aliphatic rings. The van der Waals surface area contributed by atoms with Crippen molar-refractivity contribution in [3.63, 3.8) is 0 Å². The lowest BCUT2D eigenvalue weighted by molar-refractivity contribution is 0.465. The second-order valence-electron chi connectivity index (χ2n) is 2.99. The van der Waals surface area contributed by atoms with Crippen molar-refractivity contribution < 1.29 is 4.42 Å². The zero-order chi connectivity index (χ0) is 9.52. The highest BCUT2D eigenvalue weighted by molar-refractivity contribution is 7.98. The summed E-state index contributed by atoms with van der Waals surface area (Å²) in [5.41, 5.74) is 0. The normalized spacial score (nSPS) is 13.1. The maximum Gasteiger partial charge on any atom is 0.105 e. The van der Waals surface area contributed by atoms with Gasteiger partial charge in [-0.05, 0) is 24.9 Å². The van der Waals surface area contributed by atoms with E-state index in [4.69, 9.17) is 4.42 Å². The molecule has 0 saturated heterocycles. The van der Waals surface area contributed by atoms with Crippen molar-refractivity contribution >= 4 is 11.8 Å². The molecule has 0 spiro atoms. The third-order valence-electron chi connectivity index (χ3n) is 1.89. The van der Waals surface area contributed by atoms with Crippen LogP contribution in [0.4, 0.5) is 0 Å². The van der Waals surface area contributed by atoms with Crippen molar-refractivity contribution in [3.05, 3.63) is 24.2 Å². The first-order valence-electron chi connectivity index (χ1n) is 4.61. The van der Waals surface area contributed by atoms with Gasteiger partial charge in [0.1, 0.15) is 5.76 Å². The summed E-state index contributed by atoms with van der Waals surface area (Å²) in [7, 11) is 0. The summed E-state index contributed by atoms with van der Waals surface area (Å²) in [6.07, 6.45) is 4.85. The lowest BCUT2D eigenvalue weighted by Gasteiger charge is -2.14. The number of thioether (sulfide) groups is 1. The van der Waals surface area contributed by atoms with Crippen molar-refractivity contribution in [1.82, 2.24) is 5.32 Å². The third kappa shape index (κ3) is 3.87. The van der Waals surface area contributed by atoms with E-state index in [9.17, 15) is 0 Å². The highest BCUT2D eigenvalue weighted by atomic mass is 32.2. The number of furan rings is 1. The monoisotopic (exact) mass is 199 g/mol. The summed E-state index contributed by atoms with van der Waals surface area (Å²) in [6.45, 7) is 3.15. The van der Waals surface area contributed by atoms with Crippen LogP contribution in [0, 0.1) is 0 Å². The van der Waals surface area contributed by atoms with Crippen LogP contribution in [-0.2, 0) is 6.42 Å². The van der Waals surface area contributed by atoms with Crippen LogP contribution in [0.3, 0.4) is 0 Å². The number of rotatable bonds is 6. The van der Waals surface area contributed by atoms with Gasteiger partial charge in [-0.15, -0.1) is 0 Å². The zero-order valence-corrected chi connectivity index (χ0v) is 9.06. The first kappa shape index (κ1) is 10.7. The first-order valence-corrected chi connectivity index (χ1v) is 6.01. The fraction of sp³-hybridized carbons (Fsp3) is 0.600. The smallest absolute Gasteiger partial charge is 0.105 e. The quantitative estimate of drug-likeness (QED) is 0.760. The van der Waals surface area contributed by atoms with Gasteiger partial charge in [-0.25, -0.2) is 0 Å². The van der Waals surface area contributed by atoms with Gasteiger partial charge in [-0.3, -0.25) is 0 Å². The maximum atomic E-state index is 5.31. The number of likely N-dealkylation sites (N-methyl/N-ethyl adjacent to an activating group) is 1. The van der Waals surface area contributed by atoms with Crippen LogP contribution in [-0.4, -0.2) is 24.6 Å². The van der Waals surface area contributed by atoms with Gasteiger partial charge >= 0.3 is 0 Å². The van der Waals surface area contributed by atoms with Crippen LogP contribution < -0.4 is 5.32 Å². The molecule has 0 aliphatic carbocycles. The predicted molar refractivity (Wildman–Crippen MR) is 58.3 cm³/mol. The van der Waals surface area contributed by atoms with Gasteiger partial charge in [-0.1, -0.05) is 6.92 Å². The molecule has 74 valence electrons. The molecular formula is C10H17NOS. The molecule has 1 heterocycles. The molecule has 1 atom stereocenters. The van der Waals surface area contributed by atoms with Gasteiger partial charge in [0.25, 0.3) is 0 Å². The van der Waals surface area contributed by atoms with Gasteiger partial charge in [0.05, 0.1) is 6.26 Å². The number of hydrogen-bond acceptors (Lipinski definition) is 3. The molecule has 1 rings (SSSR count). The molecule has 1 aromatic rings. The topological polar surface area (TPSA) is 25.2 Å². The fourth-order valence-electron chi connectivity index (χ4n) is 1.35. The molecule has 0 aliphatic heterocycles. The van der Waals surface area contributed by atoms with Gasteiger partial charge in [0, 0.05) is 18.2 Å². The van der Waals surface area contributed by atoms with Crippen molar-refractivity contribution in [3.8, 4) is 0 Å². The number of hydrogen-bond donors (Lipinski definition) is 1. The Morgan fingerprint density at radius 2 is 2.46 bits per heavy atom. The lowest BCUT2D eigenvalue weighted by atomic mass is 10.2. The Bertz CT molecular complexity index is 205. The van der Waals surface area contributed by atoms with Crippen molar-refractivity contribution in [2.24, 2.45) is 0 Å². The Labute approximate surface area is 84.1 Å². The van der Waals surface area contributed by atoms with Crippen LogP contribution >= 0.6 is 11.8 Å². The molecule has 0 amide bonds. The maximum absolute atomic E-state index is 5.31. The molecule has 1 N–H and O–H groups in total. The van der Waals surface area contributed by atoms with Gasteiger partial charge in [0.2, 0.25) is 0 Å². The highest BCUT2D eigenvalue weighted by Crippen LogP contribution is 2.07. The highest BCUT2D eigenvalue weighted by Gasteiger charge is 2.08.